The number of carboxylic acids is 1. The van der Waals surface area contributed by atoms with Gasteiger partial charge in [0.25, 0.3) is 0 Å². The van der Waals surface area contributed by atoms with Crippen LogP contribution < -0.4 is 0 Å². The first-order valence-corrected chi connectivity index (χ1v) is 5.79. The zero-order valence-corrected chi connectivity index (χ0v) is 11.3. The topological polar surface area (TPSA) is 83.9 Å². The van der Waals surface area contributed by atoms with Crippen LogP contribution in [0, 0.1) is 5.92 Å². The number of imide groups is 1. The molecular formula is C12H19NO5. The number of amides is 2. The summed E-state index contributed by atoms with van der Waals surface area (Å²) in [5.41, 5.74) is -2.30. The second-order valence-corrected chi connectivity index (χ2v) is 5.84. The molecule has 2 amide bonds. The fourth-order valence-corrected chi connectivity index (χ4v) is 2.02. The molecule has 0 bridgehead atoms. The van der Waals surface area contributed by atoms with Gasteiger partial charge in [-0.2, -0.15) is 0 Å². The summed E-state index contributed by atoms with van der Waals surface area (Å²) in [6, 6.07) is 0. The number of hydrogen-bond acceptors (Lipinski definition) is 4. The van der Waals surface area contributed by atoms with E-state index >= 15 is 0 Å². The molecule has 0 aromatic heterocycles. The zero-order chi connectivity index (χ0) is 14.3. The lowest BCUT2D eigenvalue weighted by molar-refractivity contribution is -0.152. The third-order valence-electron chi connectivity index (χ3n) is 2.88. The highest BCUT2D eigenvalue weighted by Crippen LogP contribution is 2.35. The average molecular weight is 257 g/mol. The van der Waals surface area contributed by atoms with Crippen molar-refractivity contribution in [2.75, 3.05) is 0 Å². The first kappa shape index (κ1) is 14.5. The Hall–Kier alpha value is -1.59. The standard InChI is InChI=1S/C12H19NO5/c1-7-6-12(5,9(15)16)13(8(7)14)10(17)18-11(2,3)4/h7H,6H2,1-5H3,(H,15,16)/t7?,12-/m0/s1. The minimum atomic E-state index is -1.53. The first-order chi connectivity index (χ1) is 7.99. The Bertz CT molecular complexity index is 398. The molecule has 0 aromatic carbocycles. The number of carboxylic acid groups (broad SMARTS) is 1. The van der Waals surface area contributed by atoms with Gasteiger partial charge in [-0.05, 0) is 34.1 Å². The van der Waals surface area contributed by atoms with E-state index in [1.54, 1.807) is 27.7 Å². The maximum absolute atomic E-state index is 12.0. The van der Waals surface area contributed by atoms with Gasteiger partial charge in [0.05, 0.1) is 0 Å². The van der Waals surface area contributed by atoms with Crippen LogP contribution >= 0.6 is 0 Å². The minimum absolute atomic E-state index is 0.0976. The fraction of sp³-hybridized carbons (Fsp3) is 0.750. The molecule has 6 heteroatoms. The molecule has 1 rings (SSSR count). The van der Waals surface area contributed by atoms with Crippen LogP contribution in [-0.2, 0) is 14.3 Å². The Kier molecular flexibility index (Phi) is 3.42. The van der Waals surface area contributed by atoms with Crippen molar-refractivity contribution in [3.8, 4) is 0 Å². The highest BCUT2D eigenvalue weighted by atomic mass is 16.6. The Morgan fingerprint density at radius 3 is 2.33 bits per heavy atom. The summed E-state index contributed by atoms with van der Waals surface area (Å²) in [5.74, 6) is -2.21. The van der Waals surface area contributed by atoms with E-state index in [1.807, 2.05) is 0 Å². The van der Waals surface area contributed by atoms with Crippen LogP contribution in [0.4, 0.5) is 4.79 Å². The van der Waals surface area contributed by atoms with E-state index in [0.29, 0.717) is 0 Å². The summed E-state index contributed by atoms with van der Waals surface area (Å²) >= 11 is 0. The number of carbonyl (C=O) groups is 3. The summed E-state index contributed by atoms with van der Waals surface area (Å²) in [4.78, 5) is 35.9. The first-order valence-electron chi connectivity index (χ1n) is 5.79. The number of nitrogens with zero attached hydrogens (tertiary/aromatic N) is 1. The van der Waals surface area contributed by atoms with Gasteiger partial charge in [-0.25, -0.2) is 14.5 Å². The number of ether oxygens (including phenoxy) is 1. The molecule has 1 heterocycles. The Morgan fingerprint density at radius 1 is 1.44 bits per heavy atom. The van der Waals surface area contributed by atoms with E-state index in [9.17, 15) is 19.5 Å². The van der Waals surface area contributed by atoms with Gasteiger partial charge in [0.1, 0.15) is 11.1 Å². The molecule has 2 atom stereocenters. The molecule has 6 nitrogen and oxygen atoms in total. The van der Waals surface area contributed by atoms with Gasteiger partial charge < -0.3 is 9.84 Å². The monoisotopic (exact) mass is 257 g/mol. The van der Waals surface area contributed by atoms with Gasteiger partial charge in [-0.1, -0.05) is 6.92 Å². The summed E-state index contributed by atoms with van der Waals surface area (Å²) in [7, 11) is 0. The third kappa shape index (κ3) is 2.47. The van der Waals surface area contributed by atoms with E-state index in [-0.39, 0.29) is 6.42 Å². The van der Waals surface area contributed by atoms with E-state index < -0.39 is 35.0 Å². The van der Waals surface area contributed by atoms with E-state index in [4.69, 9.17) is 4.74 Å². The quantitative estimate of drug-likeness (QED) is 0.771. The number of aliphatic carboxylic acids is 1. The van der Waals surface area contributed by atoms with Gasteiger partial charge in [0.2, 0.25) is 5.91 Å². The lowest BCUT2D eigenvalue weighted by atomic mass is 9.95. The Morgan fingerprint density at radius 2 is 1.94 bits per heavy atom. The molecule has 1 saturated heterocycles. The van der Waals surface area contributed by atoms with Crippen LogP contribution in [0.2, 0.25) is 0 Å². The largest absolute Gasteiger partial charge is 0.479 e. The molecular weight excluding hydrogens is 238 g/mol. The predicted molar refractivity (Wildman–Crippen MR) is 62.9 cm³/mol. The lowest BCUT2D eigenvalue weighted by Gasteiger charge is -2.31. The summed E-state index contributed by atoms with van der Waals surface area (Å²) in [6.45, 7) is 7.95. The van der Waals surface area contributed by atoms with Crippen LogP contribution in [0.1, 0.15) is 41.0 Å². The predicted octanol–water partition coefficient (Wildman–Crippen LogP) is 1.63. The molecule has 102 valence electrons. The van der Waals surface area contributed by atoms with Gasteiger partial charge in [0.15, 0.2) is 0 Å². The third-order valence-corrected chi connectivity index (χ3v) is 2.88. The number of rotatable bonds is 1. The Balaban J connectivity index is 3.07. The maximum Gasteiger partial charge on any atom is 0.418 e. The smallest absolute Gasteiger partial charge is 0.418 e. The zero-order valence-electron chi connectivity index (χ0n) is 11.3. The highest BCUT2D eigenvalue weighted by molar-refractivity contribution is 6.02. The van der Waals surface area contributed by atoms with Gasteiger partial charge in [-0.3, -0.25) is 4.79 Å². The second kappa shape index (κ2) is 4.26. The van der Waals surface area contributed by atoms with Gasteiger partial charge in [0, 0.05) is 5.92 Å². The van der Waals surface area contributed by atoms with Crippen molar-refractivity contribution < 1.29 is 24.2 Å². The van der Waals surface area contributed by atoms with Crippen molar-refractivity contribution in [2.24, 2.45) is 5.92 Å². The molecule has 1 unspecified atom stereocenters. The molecule has 1 N–H and O–H groups in total. The van der Waals surface area contributed by atoms with Crippen molar-refractivity contribution in [3.05, 3.63) is 0 Å². The molecule has 1 aliphatic rings. The molecule has 18 heavy (non-hydrogen) atoms. The van der Waals surface area contributed by atoms with Crippen molar-refractivity contribution in [1.29, 1.82) is 0 Å². The van der Waals surface area contributed by atoms with Gasteiger partial charge >= 0.3 is 12.1 Å². The summed E-state index contributed by atoms with van der Waals surface area (Å²) < 4.78 is 5.09. The van der Waals surface area contributed by atoms with Crippen LogP contribution in [0.3, 0.4) is 0 Å². The van der Waals surface area contributed by atoms with Crippen molar-refractivity contribution in [1.82, 2.24) is 4.90 Å². The molecule has 0 saturated carbocycles. The van der Waals surface area contributed by atoms with Crippen LogP contribution in [0.5, 0.6) is 0 Å². The van der Waals surface area contributed by atoms with Crippen molar-refractivity contribution >= 4 is 18.0 Å². The number of likely N-dealkylation sites (tertiary alicyclic amines) is 1. The van der Waals surface area contributed by atoms with Crippen LogP contribution in [0.15, 0.2) is 0 Å². The van der Waals surface area contributed by atoms with Gasteiger partial charge in [-0.15, -0.1) is 0 Å². The average Bonchev–Trinajstić information content (AvgIpc) is 2.36. The van der Waals surface area contributed by atoms with Crippen molar-refractivity contribution in [3.63, 3.8) is 0 Å². The molecule has 1 aliphatic heterocycles. The highest BCUT2D eigenvalue weighted by Gasteiger charge is 2.55. The van der Waals surface area contributed by atoms with E-state index in [1.165, 1.54) is 6.92 Å². The molecule has 0 spiro atoms. The van der Waals surface area contributed by atoms with E-state index in [2.05, 4.69) is 0 Å². The summed E-state index contributed by atoms with van der Waals surface area (Å²) in [6.07, 6.45) is -0.804. The van der Waals surface area contributed by atoms with Crippen LogP contribution in [-0.4, -0.2) is 39.1 Å². The lowest BCUT2D eigenvalue weighted by Crippen LogP contribution is -2.53. The molecule has 0 radical (unpaired) electrons. The SMILES string of the molecule is CC1C[C@@](C)(C(=O)O)N(C(=O)OC(C)(C)C)C1=O. The molecule has 0 aromatic rings. The normalized spacial score (nSPS) is 28.4. The second-order valence-electron chi connectivity index (χ2n) is 5.84. The molecule has 1 fully saturated rings. The fourth-order valence-electron chi connectivity index (χ4n) is 2.02. The summed E-state index contributed by atoms with van der Waals surface area (Å²) in [5, 5.41) is 9.22. The van der Waals surface area contributed by atoms with E-state index in [0.717, 1.165) is 4.90 Å². The molecule has 0 aliphatic carbocycles. The van der Waals surface area contributed by atoms with Crippen LogP contribution in [0.25, 0.3) is 0 Å². The number of carbonyl (C=O) groups excluding carboxylic acids is 2. The maximum atomic E-state index is 12.0. The van der Waals surface area contributed by atoms with Crippen molar-refractivity contribution in [2.45, 2.75) is 52.2 Å². The Labute approximate surface area is 106 Å². The minimum Gasteiger partial charge on any atom is -0.479 e. The number of hydrogen-bond donors (Lipinski definition) is 1.